The number of aryl methyl sites for hydroxylation is 1. The molecule has 1 N–H and O–H groups in total. The Hall–Kier alpha value is -3.81. The number of carbonyl (C=O) groups excluding carboxylic acids is 1. The smallest absolute Gasteiger partial charge is 0.337 e. The number of para-hydroxylation sites is 1. The number of benzene rings is 2. The molecular formula is C21H20N6O2. The molecule has 0 aliphatic carbocycles. The van der Waals surface area contributed by atoms with E-state index in [4.69, 9.17) is 0 Å². The van der Waals surface area contributed by atoms with Gasteiger partial charge in [-0.15, -0.1) is 10.2 Å². The molecule has 0 unspecified atom stereocenters. The van der Waals surface area contributed by atoms with E-state index in [-0.39, 0.29) is 5.97 Å². The molecule has 2 aromatic carbocycles. The number of nitrogens with one attached hydrogen (secondary N) is 1. The Morgan fingerprint density at radius 3 is 2.72 bits per heavy atom. The third-order valence-electron chi connectivity index (χ3n) is 4.53. The van der Waals surface area contributed by atoms with Crippen LogP contribution in [0.2, 0.25) is 0 Å². The molecule has 2 heterocycles. The van der Waals surface area contributed by atoms with Crippen molar-refractivity contribution in [1.29, 1.82) is 0 Å². The first-order valence-corrected chi connectivity index (χ1v) is 9.30. The Balaban J connectivity index is 1.58. The third-order valence-corrected chi connectivity index (χ3v) is 4.53. The van der Waals surface area contributed by atoms with E-state index in [1.165, 1.54) is 7.11 Å². The number of ether oxygens (including phenoxy) is 1. The van der Waals surface area contributed by atoms with Crippen molar-refractivity contribution >= 4 is 40.2 Å². The fraction of sp³-hybridized carbons (Fsp3) is 0.190. The lowest BCUT2D eigenvalue weighted by atomic mass is 10.1. The fourth-order valence-electron chi connectivity index (χ4n) is 3.19. The van der Waals surface area contributed by atoms with Crippen LogP contribution in [0.1, 0.15) is 29.3 Å². The highest BCUT2D eigenvalue weighted by Gasteiger charge is 2.13. The maximum Gasteiger partial charge on any atom is 0.337 e. The number of aromatic nitrogens is 4. The van der Waals surface area contributed by atoms with Gasteiger partial charge in [-0.1, -0.05) is 37.3 Å². The normalized spacial score (nSPS) is 11.4. The zero-order valence-electron chi connectivity index (χ0n) is 16.2. The molecule has 0 radical (unpaired) electrons. The van der Waals surface area contributed by atoms with Gasteiger partial charge in [0, 0.05) is 11.9 Å². The van der Waals surface area contributed by atoms with Gasteiger partial charge >= 0.3 is 5.97 Å². The summed E-state index contributed by atoms with van der Waals surface area (Å²) >= 11 is 0. The number of esters is 1. The van der Waals surface area contributed by atoms with Crippen LogP contribution >= 0.6 is 0 Å². The van der Waals surface area contributed by atoms with Crippen molar-refractivity contribution in [3.8, 4) is 0 Å². The molecule has 29 heavy (non-hydrogen) atoms. The van der Waals surface area contributed by atoms with Gasteiger partial charge in [-0.3, -0.25) is 0 Å². The quantitative estimate of drug-likeness (QED) is 0.308. The van der Waals surface area contributed by atoms with Crippen molar-refractivity contribution in [1.82, 2.24) is 19.7 Å². The van der Waals surface area contributed by atoms with Gasteiger partial charge in [0.1, 0.15) is 5.52 Å². The summed E-state index contributed by atoms with van der Waals surface area (Å²) in [6.07, 6.45) is 2.61. The number of anilines is 1. The Morgan fingerprint density at radius 2 is 1.97 bits per heavy atom. The summed E-state index contributed by atoms with van der Waals surface area (Å²) in [6, 6.07) is 15.0. The van der Waals surface area contributed by atoms with Crippen molar-refractivity contribution in [3.63, 3.8) is 0 Å². The molecule has 8 heteroatoms. The molecule has 146 valence electrons. The Labute approximate surface area is 167 Å². The van der Waals surface area contributed by atoms with E-state index >= 15 is 0 Å². The molecule has 0 spiro atoms. The van der Waals surface area contributed by atoms with Gasteiger partial charge < -0.3 is 9.30 Å². The second-order valence-electron chi connectivity index (χ2n) is 6.46. The molecule has 0 fully saturated rings. The number of hydrazone groups is 1. The van der Waals surface area contributed by atoms with Gasteiger partial charge in [-0.05, 0) is 30.2 Å². The fourth-order valence-corrected chi connectivity index (χ4v) is 3.19. The van der Waals surface area contributed by atoms with E-state index < -0.39 is 0 Å². The minimum Gasteiger partial charge on any atom is -0.465 e. The summed E-state index contributed by atoms with van der Waals surface area (Å²) in [7, 11) is 1.35. The number of fused-ring (bicyclic) bond motifs is 3. The first-order valence-electron chi connectivity index (χ1n) is 9.30. The highest BCUT2D eigenvalue weighted by atomic mass is 16.5. The predicted octanol–water partition coefficient (Wildman–Crippen LogP) is 3.62. The predicted molar refractivity (Wildman–Crippen MR) is 112 cm³/mol. The Morgan fingerprint density at radius 1 is 1.17 bits per heavy atom. The van der Waals surface area contributed by atoms with Gasteiger partial charge in [0.25, 0.3) is 5.95 Å². The van der Waals surface area contributed by atoms with Crippen LogP contribution in [0.25, 0.3) is 22.1 Å². The molecular weight excluding hydrogens is 368 g/mol. The molecule has 0 aliphatic heterocycles. The van der Waals surface area contributed by atoms with Crippen LogP contribution in [0.15, 0.2) is 53.6 Å². The van der Waals surface area contributed by atoms with E-state index in [9.17, 15) is 4.79 Å². The highest BCUT2D eigenvalue weighted by molar-refractivity contribution is 6.04. The zero-order valence-corrected chi connectivity index (χ0v) is 16.2. The number of nitrogens with zero attached hydrogens (tertiary/aromatic N) is 5. The van der Waals surface area contributed by atoms with Crippen LogP contribution in [0.3, 0.4) is 0 Å². The SMILES string of the molecule is CCCn1c2ccccc2c2nnc(N/N=C/c3ccc(C(=O)OC)cc3)nc21. The Bertz CT molecular complexity index is 1200. The highest BCUT2D eigenvalue weighted by Crippen LogP contribution is 2.26. The van der Waals surface area contributed by atoms with Gasteiger partial charge in [0.2, 0.25) is 0 Å². The van der Waals surface area contributed by atoms with Crippen molar-refractivity contribution in [2.45, 2.75) is 19.9 Å². The minimum absolute atomic E-state index is 0.320. The molecule has 2 aromatic heterocycles. The molecule has 0 saturated heterocycles. The molecule has 0 amide bonds. The zero-order chi connectivity index (χ0) is 20.2. The molecule has 0 bridgehead atoms. The van der Waals surface area contributed by atoms with E-state index in [1.54, 1.807) is 30.5 Å². The largest absolute Gasteiger partial charge is 0.465 e. The van der Waals surface area contributed by atoms with Crippen molar-refractivity contribution < 1.29 is 9.53 Å². The lowest BCUT2D eigenvalue weighted by Crippen LogP contribution is -2.03. The van der Waals surface area contributed by atoms with Crippen LogP contribution in [0.5, 0.6) is 0 Å². The van der Waals surface area contributed by atoms with Crippen LogP contribution in [0, 0.1) is 0 Å². The summed E-state index contributed by atoms with van der Waals surface area (Å²) < 4.78 is 6.84. The third kappa shape index (κ3) is 3.64. The standard InChI is InChI=1S/C21H20N6O2/c1-3-12-27-17-7-5-4-6-16(17)18-19(27)23-21(26-24-18)25-22-13-14-8-10-15(11-9-14)20(28)29-2/h4-11,13H,3,12H2,1-2H3,(H,23,25,26)/b22-13+. The van der Waals surface area contributed by atoms with Gasteiger partial charge in [0.05, 0.1) is 24.4 Å². The van der Waals surface area contributed by atoms with Crippen molar-refractivity contribution in [2.75, 3.05) is 12.5 Å². The number of hydrogen-bond acceptors (Lipinski definition) is 7. The maximum atomic E-state index is 11.5. The van der Waals surface area contributed by atoms with Crippen LogP contribution < -0.4 is 5.43 Å². The number of methoxy groups -OCH3 is 1. The average Bonchev–Trinajstić information content (AvgIpc) is 3.07. The van der Waals surface area contributed by atoms with Crippen LogP contribution in [0.4, 0.5) is 5.95 Å². The van der Waals surface area contributed by atoms with Gasteiger partial charge in [-0.25, -0.2) is 10.2 Å². The molecule has 4 rings (SSSR count). The van der Waals surface area contributed by atoms with Gasteiger partial charge in [0.15, 0.2) is 5.65 Å². The van der Waals surface area contributed by atoms with E-state index in [0.29, 0.717) is 11.5 Å². The number of hydrogen-bond donors (Lipinski definition) is 1. The number of rotatable bonds is 6. The monoisotopic (exact) mass is 388 g/mol. The summed E-state index contributed by atoms with van der Waals surface area (Å²) in [5, 5.41) is 13.7. The lowest BCUT2D eigenvalue weighted by Gasteiger charge is -2.04. The summed E-state index contributed by atoms with van der Waals surface area (Å²) in [6.45, 7) is 2.97. The Kier molecular flexibility index (Phi) is 5.15. The summed E-state index contributed by atoms with van der Waals surface area (Å²) in [5.41, 5.74) is 6.79. The van der Waals surface area contributed by atoms with Crippen LogP contribution in [-0.4, -0.2) is 39.0 Å². The second kappa shape index (κ2) is 8.05. The average molecular weight is 388 g/mol. The first-order chi connectivity index (χ1) is 14.2. The maximum absolute atomic E-state index is 11.5. The minimum atomic E-state index is -0.373. The van der Waals surface area contributed by atoms with Gasteiger partial charge in [-0.2, -0.15) is 10.1 Å². The molecule has 0 atom stereocenters. The van der Waals surface area contributed by atoms with E-state index in [1.807, 2.05) is 18.2 Å². The summed E-state index contributed by atoms with van der Waals surface area (Å²) in [5.74, 6) is -0.0538. The van der Waals surface area contributed by atoms with E-state index in [2.05, 4.69) is 48.0 Å². The lowest BCUT2D eigenvalue weighted by molar-refractivity contribution is 0.0600. The van der Waals surface area contributed by atoms with E-state index in [0.717, 1.165) is 40.6 Å². The van der Waals surface area contributed by atoms with Crippen LogP contribution in [-0.2, 0) is 11.3 Å². The molecule has 0 saturated carbocycles. The molecule has 4 aromatic rings. The topological polar surface area (TPSA) is 94.3 Å². The van der Waals surface area contributed by atoms with Crippen molar-refractivity contribution in [3.05, 3.63) is 59.7 Å². The molecule has 8 nitrogen and oxygen atoms in total. The number of carbonyl (C=O) groups is 1. The van der Waals surface area contributed by atoms with Crippen molar-refractivity contribution in [2.24, 2.45) is 5.10 Å². The summed E-state index contributed by atoms with van der Waals surface area (Å²) in [4.78, 5) is 16.1. The first kappa shape index (κ1) is 18.5. The second-order valence-corrected chi connectivity index (χ2v) is 6.46. The molecule has 0 aliphatic rings.